The van der Waals surface area contributed by atoms with Crippen LogP contribution in [0.25, 0.3) is 10.9 Å². The van der Waals surface area contributed by atoms with Gasteiger partial charge in [-0.15, -0.1) is 0 Å². The van der Waals surface area contributed by atoms with Gasteiger partial charge in [0.05, 0.1) is 33.9 Å². The summed E-state index contributed by atoms with van der Waals surface area (Å²) >= 11 is 6.70. The van der Waals surface area contributed by atoms with E-state index in [4.69, 9.17) is 22.2 Å². The SMILES string of the molecule is CC(C)(C)ON=C1CN(c2c(F)cc3c(=O)c(C(=O)O)cn(C4CC4)c3c2Cl)CC1CN. The lowest BCUT2D eigenvalue weighted by atomic mass is 10.1. The van der Waals surface area contributed by atoms with Crippen LogP contribution in [0.4, 0.5) is 10.1 Å². The molecule has 0 spiro atoms. The van der Waals surface area contributed by atoms with Gasteiger partial charge in [-0.2, -0.15) is 0 Å². The molecule has 3 N–H and O–H groups in total. The predicted molar refractivity (Wildman–Crippen MR) is 121 cm³/mol. The number of halogens is 2. The fraction of sp³-hybridized carbons (Fsp3) is 0.500. The summed E-state index contributed by atoms with van der Waals surface area (Å²) < 4.78 is 17.0. The van der Waals surface area contributed by atoms with Gasteiger partial charge in [0.1, 0.15) is 17.0 Å². The third-order valence-electron chi connectivity index (χ3n) is 5.66. The van der Waals surface area contributed by atoms with Crippen molar-refractivity contribution in [2.75, 3.05) is 24.5 Å². The van der Waals surface area contributed by atoms with E-state index in [1.165, 1.54) is 6.20 Å². The number of anilines is 1. The number of pyridine rings is 1. The van der Waals surface area contributed by atoms with Crippen molar-refractivity contribution in [2.24, 2.45) is 16.8 Å². The number of oxime groups is 1. The van der Waals surface area contributed by atoms with Crippen LogP contribution in [-0.2, 0) is 4.84 Å². The number of carboxylic acid groups (broad SMARTS) is 1. The van der Waals surface area contributed by atoms with E-state index in [9.17, 15) is 14.7 Å². The van der Waals surface area contributed by atoms with Crippen molar-refractivity contribution in [3.05, 3.63) is 38.9 Å². The number of hydrogen-bond acceptors (Lipinski definition) is 6. The topological polar surface area (TPSA) is 110 Å². The van der Waals surface area contributed by atoms with Crippen LogP contribution < -0.4 is 16.1 Å². The Labute approximate surface area is 189 Å². The van der Waals surface area contributed by atoms with E-state index < -0.39 is 28.4 Å². The molecule has 2 aromatic rings. The summed E-state index contributed by atoms with van der Waals surface area (Å²) in [6, 6.07) is 1.11. The Morgan fingerprint density at radius 3 is 2.66 bits per heavy atom. The molecule has 32 heavy (non-hydrogen) atoms. The Bertz CT molecular complexity index is 1180. The number of hydrogen-bond donors (Lipinski definition) is 2. The molecule has 8 nitrogen and oxygen atoms in total. The highest BCUT2D eigenvalue weighted by atomic mass is 35.5. The molecule has 1 saturated carbocycles. The number of aromatic carboxylic acids is 1. The minimum absolute atomic E-state index is 0.0275. The number of benzene rings is 1. The smallest absolute Gasteiger partial charge is 0.341 e. The van der Waals surface area contributed by atoms with Gasteiger partial charge in [-0.25, -0.2) is 9.18 Å². The Morgan fingerprint density at radius 2 is 2.09 bits per heavy atom. The zero-order valence-corrected chi connectivity index (χ0v) is 18.9. The zero-order chi connectivity index (χ0) is 23.4. The third-order valence-corrected chi connectivity index (χ3v) is 6.01. The van der Waals surface area contributed by atoms with Gasteiger partial charge in [-0.1, -0.05) is 16.8 Å². The molecule has 1 aliphatic carbocycles. The van der Waals surface area contributed by atoms with Crippen molar-refractivity contribution in [1.82, 2.24) is 4.57 Å². The quantitative estimate of drug-likeness (QED) is 0.656. The molecule has 10 heteroatoms. The highest BCUT2D eigenvalue weighted by Gasteiger charge is 2.35. The van der Waals surface area contributed by atoms with E-state index in [-0.39, 0.29) is 34.6 Å². The van der Waals surface area contributed by atoms with E-state index in [0.29, 0.717) is 24.3 Å². The summed E-state index contributed by atoms with van der Waals surface area (Å²) in [6.45, 7) is 6.62. The molecule has 1 aliphatic heterocycles. The molecule has 4 rings (SSSR count). The number of nitrogens with two attached hydrogens (primary N) is 1. The maximum Gasteiger partial charge on any atom is 0.341 e. The van der Waals surface area contributed by atoms with Gasteiger partial charge in [0.15, 0.2) is 0 Å². The number of carboxylic acids is 1. The van der Waals surface area contributed by atoms with Crippen LogP contribution in [0.2, 0.25) is 5.02 Å². The van der Waals surface area contributed by atoms with E-state index in [1.54, 1.807) is 9.47 Å². The molecule has 2 heterocycles. The summed E-state index contributed by atoms with van der Waals surface area (Å²) in [6.07, 6.45) is 2.98. The highest BCUT2D eigenvalue weighted by molar-refractivity contribution is 6.38. The van der Waals surface area contributed by atoms with Crippen LogP contribution in [0.3, 0.4) is 0 Å². The Morgan fingerprint density at radius 1 is 1.41 bits per heavy atom. The lowest BCUT2D eigenvalue weighted by molar-refractivity contribution is 0.000172. The predicted octanol–water partition coefficient (Wildman–Crippen LogP) is 3.39. The van der Waals surface area contributed by atoms with Crippen LogP contribution in [0, 0.1) is 11.7 Å². The first-order chi connectivity index (χ1) is 15.0. The molecular weight excluding hydrogens is 439 g/mol. The fourth-order valence-electron chi connectivity index (χ4n) is 3.95. The minimum atomic E-state index is -1.35. The second-order valence-electron chi connectivity index (χ2n) is 9.33. The number of fused-ring (bicyclic) bond motifs is 1. The van der Waals surface area contributed by atoms with Crippen LogP contribution >= 0.6 is 11.6 Å². The van der Waals surface area contributed by atoms with Gasteiger partial charge in [0.2, 0.25) is 5.43 Å². The molecule has 1 atom stereocenters. The Kier molecular flexibility index (Phi) is 5.67. The fourth-order valence-corrected chi connectivity index (χ4v) is 4.36. The molecule has 1 unspecified atom stereocenters. The molecule has 2 aliphatic rings. The monoisotopic (exact) mass is 464 g/mol. The largest absolute Gasteiger partial charge is 0.477 e. The van der Waals surface area contributed by atoms with Gasteiger partial charge in [0.25, 0.3) is 0 Å². The normalized spacial score (nSPS) is 20.4. The van der Waals surface area contributed by atoms with Crippen LogP contribution in [0.1, 0.15) is 50.0 Å². The summed E-state index contributed by atoms with van der Waals surface area (Å²) in [5.41, 5.74) is 5.48. The summed E-state index contributed by atoms with van der Waals surface area (Å²) in [4.78, 5) is 31.6. The van der Waals surface area contributed by atoms with Crippen molar-refractivity contribution >= 4 is 39.9 Å². The summed E-state index contributed by atoms with van der Waals surface area (Å²) in [5, 5.41) is 13.7. The van der Waals surface area contributed by atoms with Gasteiger partial charge in [-0.3, -0.25) is 4.79 Å². The third kappa shape index (κ3) is 4.06. The first-order valence-electron chi connectivity index (χ1n) is 10.5. The van der Waals surface area contributed by atoms with Gasteiger partial charge < -0.3 is 25.1 Å². The first-order valence-corrected chi connectivity index (χ1v) is 10.9. The second kappa shape index (κ2) is 8.04. The maximum absolute atomic E-state index is 15.3. The van der Waals surface area contributed by atoms with Gasteiger partial charge >= 0.3 is 5.97 Å². The summed E-state index contributed by atoms with van der Waals surface area (Å²) in [5.74, 6) is -2.18. The molecule has 0 bridgehead atoms. The molecule has 172 valence electrons. The number of aromatic nitrogens is 1. The van der Waals surface area contributed by atoms with Crippen molar-refractivity contribution in [2.45, 2.75) is 45.3 Å². The van der Waals surface area contributed by atoms with Crippen molar-refractivity contribution < 1.29 is 19.1 Å². The van der Waals surface area contributed by atoms with Crippen molar-refractivity contribution in [1.29, 1.82) is 0 Å². The number of carbonyl (C=O) groups is 1. The zero-order valence-electron chi connectivity index (χ0n) is 18.2. The molecule has 2 fully saturated rings. The van der Waals surface area contributed by atoms with Crippen LogP contribution in [0.5, 0.6) is 0 Å². The van der Waals surface area contributed by atoms with Crippen LogP contribution in [0.15, 0.2) is 22.2 Å². The van der Waals surface area contributed by atoms with Gasteiger partial charge in [-0.05, 0) is 39.7 Å². The second-order valence-corrected chi connectivity index (χ2v) is 9.71. The van der Waals surface area contributed by atoms with E-state index in [1.807, 2.05) is 20.8 Å². The number of nitrogens with zero attached hydrogens (tertiary/aromatic N) is 3. The average Bonchev–Trinajstić information content (AvgIpc) is 3.46. The molecule has 1 saturated heterocycles. The molecule has 1 aromatic heterocycles. The maximum atomic E-state index is 15.3. The van der Waals surface area contributed by atoms with E-state index in [0.717, 1.165) is 18.9 Å². The van der Waals surface area contributed by atoms with E-state index >= 15 is 4.39 Å². The standard InChI is InChI=1S/C22H26ClFN4O4/c1-22(2,3)32-26-16-10-27(8-11(16)7-25)19-15(24)6-13-18(17(19)23)28(12-4-5-12)9-14(20(13)29)21(30)31/h6,9,11-12H,4-5,7-8,10,25H2,1-3H3,(H,30,31). The van der Waals surface area contributed by atoms with Crippen molar-refractivity contribution in [3.63, 3.8) is 0 Å². The summed E-state index contributed by atoms with van der Waals surface area (Å²) in [7, 11) is 0. The average molecular weight is 465 g/mol. The molecule has 0 radical (unpaired) electrons. The highest BCUT2D eigenvalue weighted by Crippen LogP contribution is 2.42. The number of rotatable bonds is 5. The molecular formula is C22H26ClFN4O4. The van der Waals surface area contributed by atoms with Crippen LogP contribution in [-0.4, -0.2) is 46.6 Å². The van der Waals surface area contributed by atoms with Gasteiger partial charge in [0, 0.05) is 31.2 Å². The van der Waals surface area contributed by atoms with Crippen molar-refractivity contribution in [3.8, 4) is 0 Å². The van der Waals surface area contributed by atoms with E-state index in [2.05, 4.69) is 5.16 Å². The Hall–Kier alpha value is -2.65. The molecule has 1 aromatic carbocycles. The minimum Gasteiger partial charge on any atom is -0.477 e. The first kappa shape index (κ1) is 22.5. The lowest BCUT2D eigenvalue weighted by Gasteiger charge is -2.23. The Balaban J connectivity index is 1.84. The molecule has 0 amide bonds. The lowest BCUT2D eigenvalue weighted by Crippen LogP contribution is -2.25.